The Hall–Kier alpha value is -3.12. The second-order valence-corrected chi connectivity index (χ2v) is 9.05. The molecular formula is C26H23BrN2O3. The van der Waals surface area contributed by atoms with Crippen LogP contribution in [0.2, 0.25) is 0 Å². The number of nitrogens with one attached hydrogen (secondary N) is 1. The Kier molecular flexibility index (Phi) is 5.47. The number of nitrogens with zero attached hydrogens (tertiary/aromatic N) is 1. The molecule has 2 unspecified atom stereocenters. The van der Waals surface area contributed by atoms with E-state index in [1.54, 1.807) is 7.11 Å². The van der Waals surface area contributed by atoms with Gasteiger partial charge in [-0.05, 0) is 47.4 Å². The quantitative estimate of drug-likeness (QED) is 0.580. The fourth-order valence-electron chi connectivity index (χ4n) is 4.94. The molecule has 2 aliphatic rings. The van der Waals surface area contributed by atoms with Crippen molar-refractivity contribution in [2.24, 2.45) is 0 Å². The van der Waals surface area contributed by atoms with Crippen LogP contribution in [0.1, 0.15) is 44.6 Å². The first-order valence-corrected chi connectivity index (χ1v) is 11.5. The summed E-state index contributed by atoms with van der Waals surface area (Å²) in [6.45, 7) is 0.945. The molecule has 162 valence electrons. The molecule has 0 bridgehead atoms. The number of fused-ring (bicyclic) bond motifs is 4. The van der Waals surface area contributed by atoms with Crippen molar-refractivity contribution in [3.8, 4) is 5.75 Å². The van der Waals surface area contributed by atoms with Crippen molar-refractivity contribution in [3.05, 3.63) is 99.0 Å². The van der Waals surface area contributed by atoms with Crippen LogP contribution < -0.4 is 10.1 Å². The Bertz CT molecular complexity index is 1210. The van der Waals surface area contributed by atoms with E-state index in [0.29, 0.717) is 18.7 Å². The molecule has 0 spiro atoms. The molecule has 0 saturated heterocycles. The van der Waals surface area contributed by atoms with E-state index in [1.165, 1.54) is 5.56 Å². The van der Waals surface area contributed by atoms with Crippen LogP contribution in [0.5, 0.6) is 5.75 Å². The van der Waals surface area contributed by atoms with Gasteiger partial charge >= 0.3 is 0 Å². The number of hydrogen-bond donors (Lipinski definition) is 1. The summed E-state index contributed by atoms with van der Waals surface area (Å²) < 4.78 is 6.38. The standard InChI is InChI=1S/C26H23BrN2O3/c1-32-22-11-10-18(27)14-17(22)15-28-25(30)23-20-8-4-5-9-21(20)26(31)29-13-12-16-6-2-3-7-19(16)24(23)29/h2-11,14,23-24H,12-13,15H2,1H3,(H,28,30). The summed E-state index contributed by atoms with van der Waals surface area (Å²) in [6.07, 6.45) is 0.796. The summed E-state index contributed by atoms with van der Waals surface area (Å²) in [4.78, 5) is 28.9. The smallest absolute Gasteiger partial charge is 0.254 e. The van der Waals surface area contributed by atoms with Crippen LogP contribution in [0.4, 0.5) is 0 Å². The van der Waals surface area contributed by atoms with E-state index in [0.717, 1.165) is 33.3 Å². The lowest BCUT2D eigenvalue weighted by molar-refractivity contribution is -0.124. The van der Waals surface area contributed by atoms with E-state index in [4.69, 9.17) is 4.74 Å². The van der Waals surface area contributed by atoms with Gasteiger partial charge < -0.3 is 15.0 Å². The molecular weight excluding hydrogens is 468 g/mol. The van der Waals surface area contributed by atoms with Crippen molar-refractivity contribution >= 4 is 27.7 Å². The molecule has 0 radical (unpaired) electrons. The number of halogens is 1. The van der Waals surface area contributed by atoms with Crippen LogP contribution in [-0.4, -0.2) is 30.4 Å². The maximum atomic E-state index is 13.7. The van der Waals surface area contributed by atoms with Gasteiger partial charge in [-0.3, -0.25) is 9.59 Å². The topological polar surface area (TPSA) is 58.6 Å². The van der Waals surface area contributed by atoms with E-state index < -0.39 is 5.92 Å². The van der Waals surface area contributed by atoms with Crippen molar-refractivity contribution in [2.75, 3.05) is 13.7 Å². The van der Waals surface area contributed by atoms with E-state index >= 15 is 0 Å². The van der Waals surface area contributed by atoms with Crippen molar-refractivity contribution in [2.45, 2.75) is 24.9 Å². The monoisotopic (exact) mass is 490 g/mol. The Morgan fingerprint density at radius 1 is 1.09 bits per heavy atom. The average molecular weight is 491 g/mol. The molecule has 0 fully saturated rings. The van der Waals surface area contributed by atoms with Gasteiger partial charge in [-0.15, -0.1) is 0 Å². The predicted molar refractivity (Wildman–Crippen MR) is 126 cm³/mol. The Balaban J connectivity index is 1.53. The van der Waals surface area contributed by atoms with Crippen LogP contribution in [0.15, 0.2) is 71.2 Å². The minimum atomic E-state index is -0.483. The number of methoxy groups -OCH3 is 1. The Morgan fingerprint density at radius 3 is 2.66 bits per heavy atom. The van der Waals surface area contributed by atoms with Crippen LogP contribution >= 0.6 is 15.9 Å². The molecule has 5 nitrogen and oxygen atoms in total. The summed E-state index contributed by atoms with van der Waals surface area (Å²) in [5, 5.41) is 3.11. The van der Waals surface area contributed by atoms with Crippen molar-refractivity contribution in [1.29, 1.82) is 0 Å². The Labute approximate surface area is 195 Å². The summed E-state index contributed by atoms with van der Waals surface area (Å²) in [7, 11) is 1.62. The van der Waals surface area contributed by atoms with Crippen LogP contribution in [0, 0.1) is 0 Å². The second kappa shape index (κ2) is 8.43. The fraction of sp³-hybridized carbons (Fsp3) is 0.231. The van der Waals surface area contributed by atoms with Crippen LogP contribution in [0.25, 0.3) is 0 Å². The molecule has 5 rings (SSSR count). The summed E-state index contributed by atoms with van der Waals surface area (Å²) in [6, 6.07) is 21.0. The zero-order chi connectivity index (χ0) is 22.2. The molecule has 1 N–H and O–H groups in total. The SMILES string of the molecule is COc1ccc(Br)cc1CNC(=O)C1c2ccccc2C(=O)N2CCc3ccccc3C12. The molecule has 2 amide bonds. The third-order valence-electron chi connectivity index (χ3n) is 6.41. The molecule has 2 atom stereocenters. The van der Waals surface area contributed by atoms with E-state index in [2.05, 4.69) is 27.3 Å². The molecule has 6 heteroatoms. The predicted octanol–water partition coefficient (Wildman–Crippen LogP) is 4.61. The molecule has 32 heavy (non-hydrogen) atoms. The third-order valence-corrected chi connectivity index (χ3v) is 6.91. The van der Waals surface area contributed by atoms with Gasteiger partial charge in [-0.2, -0.15) is 0 Å². The highest BCUT2D eigenvalue weighted by Gasteiger charge is 2.46. The van der Waals surface area contributed by atoms with Crippen molar-refractivity contribution < 1.29 is 14.3 Å². The number of carbonyl (C=O) groups excluding carboxylic acids is 2. The van der Waals surface area contributed by atoms with Gasteiger partial charge in [-0.25, -0.2) is 0 Å². The second-order valence-electron chi connectivity index (χ2n) is 8.13. The van der Waals surface area contributed by atoms with Crippen LogP contribution in [-0.2, 0) is 17.8 Å². The normalized spacial score (nSPS) is 18.9. The number of benzene rings is 3. The van der Waals surface area contributed by atoms with Crippen molar-refractivity contribution in [1.82, 2.24) is 10.2 Å². The molecule has 2 aliphatic heterocycles. The minimum absolute atomic E-state index is 0.00203. The number of carbonyl (C=O) groups is 2. The molecule has 0 saturated carbocycles. The molecule has 2 heterocycles. The highest BCUT2D eigenvalue weighted by atomic mass is 79.9. The van der Waals surface area contributed by atoms with Gasteiger partial charge in [-0.1, -0.05) is 58.4 Å². The molecule has 3 aromatic carbocycles. The minimum Gasteiger partial charge on any atom is -0.496 e. The molecule has 0 aliphatic carbocycles. The zero-order valence-corrected chi connectivity index (χ0v) is 19.3. The van der Waals surface area contributed by atoms with Crippen molar-refractivity contribution in [3.63, 3.8) is 0 Å². The largest absolute Gasteiger partial charge is 0.496 e. The highest BCUT2D eigenvalue weighted by Crippen LogP contribution is 2.45. The summed E-state index contributed by atoms with van der Waals surface area (Å²) in [5.74, 6) is 0.136. The van der Waals surface area contributed by atoms with Gasteiger partial charge in [0, 0.05) is 28.7 Å². The van der Waals surface area contributed by atoms with Gasteiger partial charge in [0.2, 0.25) is 5.91 Å². The maximum absolute atomic E-state index is 13.7. The zero-order valence-electron chi connectivity index (χ0n) is 17.7. The lowest BCUT2D eigenvalue weighted by Crippen LogP contribution is -2.50. The maximum Gasteiger partial charge on any atom is 0.254 e. The van der Waals surface area contributed by atoms with Gasteiger partial charge in [0.25, 0.3) is 5.91 Å². The first-order chi connectivity index (χ1) is 15.6. The number of ether oxygens (including phenoxy) is 1. The Morgan fingerprint density at radius 2 is 1.84 bits per heavy atom. The third kappa shape index (κ3) is 3.48. The van der Waals surface area contributed by atoms with Gasteiger partial charge in [0.05, 0.1) is 19.1 Å². The highest BCUT2D eigenvalue weighted by molar-refractivity contribution is 9.10. The first kappa shape index (κ1) is 20.8. The number of amides is 2. The summed E-state index contributed by atoms with van der Waals surface area (Å²) >= 11 is 3.49. The van der Waals surface area contributed by atoms with E-state index in [1.807, 2.05) is 65.6 Å². The van der Waals surface area contributed by atoms with Crippen LogP contribution in [0.3, 0.4) is 0 Å². The van der Waals surface area contributed by atoms with E-state index in [9.17, 15) is 9.59 Å². The molecule has 3 aromatic rings. The fourth-order valence-corrected chi connectivity index (χ4v) is 5.34. The first-order valence-electron chi connectivity index (χ1n) is 10.7. The van der Waals surface area contributed by atoms with Gasteiger partial charge in [0.15, 0.2) is 0 Å². The van der Waals surface area contributed by atoms with E-state index in [-0.39, 0.29) is 17.9 Å². The number of hydrogen-bond acceptors (Lipinski definition) is 3. The summed E-state index contributed by atoms with van der Waals surface area (Å²) in [5.41, 5.74) is 4.54. The van der Waals surface area contributed by atoms with Gasteiger partial charge in [0.1, 0.15) is 5.75 Å². The molecule has 0 aromatic heterocycles. The number of rotatable bonds is 4. The average Bonchev–Trinajstić information content (AvgIpc) is 2.83. The lowest BCUT2D eigenvalue weighted by Gasteiger charge is -2.45. The lowest BCUT2D eigenvalue weighted by atomic mass is 9.76.